The Labute approximate surface area is 386 Å². The van der Waals surface area contributed by atoms with Crippen molar-refractivity contribution in [3.05, 3.63) is 23.8 Å². The van der Waals surface area contributed by atoms with E-state index in [0.29, 0.717) is 12.0 Å². The Morgan fingerprint density at radius 2 is 1.49 bits per heavy atom. The number of hydrogen-bond acceptors (Lipinski definition) is 16. The molecule has 0 aromatic heterocycles. The predicted octanol–water partition coefficient (Wildman–Crippen LogP) is 2.13. The second kappa shape index (κ2) is 24.9. The quantitative estimate of drug-likeness (QED) is 0.167. The van der Waals surface area contributed by atoms with E-state index >= 15 is 0 Å². The number of rotatable bonds is 13. The van der Waals surface area contributed by atoms with E-state index in [1.54, 1.807) is 59.7 Å². The summed E-state index contributed by atoms with van der Waals surface area (Å²) in [5, 5.41) is 48.4. The van der Waals surface area contributed by atoms with E-state index in [0.717, 1.165) is 0 Å². The Morgan fingerprint density at radius 3 is 2.05 bits per heavy atom. The minimum atomic E-state index is -1.42. The van der Waals surface area contributed by atoms with Crippen LogP contribution >= 0.6 is 0 Å². The number of nitrogens with zero attached hydrogens (tertiary/aromatic N) is 2. The third kappa shape index (κ3) is 15.3. The van der Waals surface area contributed by atoms with Crippen LogP contribution in [0.3, 0.4) is 0 Å². The van der Waals surface area contributed by atoms with Crippen LogP contribution in [0.1, 0.15) is 94.9 Å². The van der Waals surface area contributed by atoms with Crippen molar-refractivity contribution in [1.29, 1.82) is 0 Å². The first kappa shape index (κ1) is 56.4. The fraction of sp³-hybridized carbons (Fsp3) is 0.830. The maximum Gasteiger partial charge on any atom is 0.308 e. The fourth-order valence-corrected chi connectivity index (χ4v) is 9.04. The summed E-state index contributed by atoms with van der Waals surface area (Å²) in [4.78, 5) is 58.1. The normalized spacial score (nSPS) is 38.9. The molecular formula is C47H81N3O15. The van der Waals surface area contributed by atoms with E-state index in [2.05, 4.69) is 5.32 Å². The van der Waals surface area contributed by atoms with Gasteiger partial charge in [0.2, 0.25) is 11.8 Å². The van der Waals surface area contributed by atoms with Gasteiger partial charge in [-0.3, -0.25) is 19.2 Å². The van der Waals surface area contributed by atoms with E-state index in [4.69, 9.17) is 33.2 Å². The lowest BCUT2D eigenvalue weighted by Gasteiger charge is -2.47. The number of carbonyl (C=O) groups excluding carboxylic acids is 4. The van der Waals surface area contributed by atoms with Crippen molar-refractivity contribution in [1.82, 2.24) is 15.1 Å². The van der Waals surface area contributed by atoms with E-state index in [1.807, 2.05) is 33.8 Å². The Hall–Kier alpha value is -2.88. The highest BCUT2D eigenvalue weighted by Crippen LogP contribution is 2.36. The van der Waals surface area contributed by atoms with Gasteiger partial charge in [0, 0.05) is 51.5 Å². The second-order valence-electron chi connectivity index (χ2n) is 19.6. The zero-order chi connectivity index (χ0) is 49.2. The summed E-state index contributed by atoms with van der Waals surface area (Å²) in [5.41, 5.74) is -0.00638. The van der Waals surface area contributed by atoms with E-state index in [-0.39, 0.29) is 31.1 Å². The number of aliphatic hydroxyl groups excluding tert-OH is 4. The number of amides is 2. The predicted molar refractivity (Wildman–Crippen MR) is 240 cm³/mol. The molecule has 3 rings (SSSR count). The second-order valence-corrected chi connectivity index (χ2v) is 19.6. The molecule has 2 amide bonds. The van der Waals surface area contributed by atoms with Gasteiger partial charge in [-0.2, -0.15) is 0 Å². The maximum atomic E-state index is 14.1. The molecule has 65 heavy (non-hydrogen) atoms. The molecule has 0 bridgehead atoms. The molecule has 3 aliphatic rings. The Bertz CT molecular complexity index is 1620. The summed E-state index contributed by atoms with van der Waals surface area (Å²) in [6.45, 7) is 17.2. The van der Waals surface area contributed by atoms with Crippen molar-refractivity contribution in [3.8, 4) is 0 Å². The van der Waals surface area contributed by atoms with E-state index in [1.165, 1.54) is 39.2 Å². The SMILES string of the molecule is CC[C@H]1OC(=O)C[C@@H](O)[C@H](C)[C@@H](O[C@@H]2O[C@H](C)[C@@H](O)[C@H](N(C)C)[C@H]2O)[C@@H](C[C@H](C(=O)NC(C)(C)C)N(C)C(C)=O)C[C@@H](C)C(=O)/C=C/C(C)=C/[C@@H]1CO[C@H]1O[C@@H](C)[C@H](O)[C@H](OC)[C@@H]1OC. The number of ketones is 1. The van der Waals surface area contributed by atoms with E-state index < -0.39 is 133 Å². The van der Waals surface area contributed by atoms with Crippen LogP contribution in [0.15, 0.2) is 23.8 Å². The highest BCUT2D eigenvalue weighted by Gasteiger charge is 2.49. The number of nitrogens with one attached hydrogen (secondary N) is 1. The number of methoxy groups -OCH3 is 2. The average molecular weight is 928 g/mol. The molecule has 0 unspecified atom stereocenters. The summed E-state index contributed by atoms with van der Waals surface area (Å²) < 4.78 is 42.4. The van der Waals surface area contributed by atoms with Crippen LogP contribution in [0.2, 0.25) is 0 Å². The van der Waals surface area contributed by atoms with Gasteiger partial charge in [-0.1, -0.05) is 38.5 Å². The Morgan fingerprint density at radius 1 is 0.892 bits per heavy atom. The molecule has 0 aliphatic carbocycles. The van der Waals surface area contributed by atoms with Gasteiger partial charge in [0.1, 0.15) is 36.6 Å². The Balaban J connectivity index is 2.16. The highest BCUT2D eigenvalue weighted by atomic mass is 16.7. The number of aliphatic hydroxyl groups is 4. The van der Waals surface area contributed by atoms with Crippen molar-refractivity contribution in [3.63, 3.8) is 0 Å². The van der Waals surface area contributed by atoms with Crippen molar-refractivity contribution >= 4 is 23.6 Å². The van der Waals surface area contributed by atoms with Gasteiger partial charge in [0.25, 0.3) is 0 Å². The maximum absolute atomic E-state index is 14.1. The summed E-state index contributed by atoms with van der Waals surface area (Å²) in [6, 6.07) is -1.88. The van der Waals surface area contributed by atoms with Gasteiger partial charge >= 0.3 is 5.97 Å². The molecule has 0 aromatic carbocycles. The lowest BCUT2D eigenvalue weighted by atomic mass is 9.77. The molecule has 0 saturated carbocycles. The number of allylic oxidation sites excluding steroid dienone is 3. The molecule has 374 valence electrons. The van der Waals surface area contributed by atoms with Crippen LogP contribution < -0.4 is 5.32 Å². The third-order valence-corrected chi connectivity index (χ3v) is 13.0. The van der Waals surface area contributed by atoms with Crippen molar-refractivity contribution in [2.24, 2.45) is 23.7 Å². The Kier molecular flexibility index (Phi) is 21.7. The number of esters is 1. The van der Waals surface area contributed by atoms with Gasteiger partial charge in [-0.15, -0.1) is 0 Å². The molecular weight excluding hydrogens is 847 g/mol. The lowest BCUT2D eigenvalue weighted by molar-refractivity contribution is -0.304. The first-order chi connectivity index (χ1) is 30.3. The molecule has 3 aliphatic heterocycles. The smallest absolute Gasteiger partial charge is 0.308 e. The van der Waals surface area contributed by atoms with Gasteiger partial charge in [-0.05, 0) is 86.9 Å². The van der Waals surface area contributed by atoms with Crippen molar-refractivity contribution in [2.75, 3.05) is 42.0 Å². The summed E-state index contributed by atoms with van der Waals surface area (Å²) in [6.07, 6.45) is -7.14. The monoisotopic (exact) mass is 928 g/mol. The zero-order valence-corrected chi connectivity index (χ0v) is 41.3. The summed E-state index contributed by atoms with van der Waals surface area (Å²) in [5.74, 6) is -4.77. The standard InChI is InChI=1S/C47H81N3O15/c1-16-35-31(23-61-46-43(60-15)42(59-14)39(56)28(6)63-46)19-24(2)17-18-33(52)25(3)20-30(21-32(50(13)29(7)51)44(58)48-47(8,9)10)41(26(4)34(53)22-36(54)64-35)65-45-40(57)37(49(11)12)38(55)27(5)62-45/h17-19,25-28,30-32,34-35,37-43,45-46,53,55-57H,16,20-23H2,1-15H3,(H,48,58)/b18-17+,24-19+/t25-,26+,27-,28+,30-,31-,32-,34-,35-,37+,38-,39+,40-,41-,42+,43+,45+,46+/m1/s1. The van der Waals surface area contributed by atoms with Crippen LogP contribution in [0, 0.1) is 23.7 Å². The number of ether oxygens (including phenoxy) is 7. The molecule has 2 saturated heterocycles. The van der Waals surface area contributed by atoms with Crippen molar-refractivity contribution in [2.45, 2.75) is 186 Å². The van der Waals surface area contributed by atoms with Gasteiger partial charge in [-0.25, -0.2) is 0 Å². The summed E-state index contributed by atoms with van der Waals surface area (Å²) >= 11 is 0. The average Bonchev–Trinajstić information content (AvgIpc) is 3.22. The van der Waals surface area contributed by atoms with Gasteiger partial charge in [0.15, 0.2) is 18.4 Å². The largest absolute Gasteiger partial charge is 0.462 e. The van der Waals surface area contributed by atoms with Crippen LogP contribution in [-0.2, 0) is 52.3 Å². The molecule has 0 radical (unpaired) electrons. The molecule has 0 aromatic rings. The number of hydrogen-bond donors (Lipinski definition) is 5. The van der Waals surface area contributed by atoms with Crippen LogP contribution in [0.5, 0.6) is 0 Å². The topological polar surface area (TPSA) is 232 Å². The molecule has 18 nitrogen and oxygen atoms in total. The number of carbonyl (C=O) groups is 4. The van der Waals surface area contributed by atoms with E-state index in [9.17, 15) is 39.6 Å². The van der Waals surface area contributed by atoms with Crippen LogP contribution in [0.4, 0.5) is 0 Å². The third-order valence-electron chi connectivity index (χ3n) is 13.0. The van der Waals surface area contributed by atoms with Crippen LogP contribution in [-0.4, -0.2) is 187 Å². The fourth-order valence-electron chi connectivity index (χ4n) is 9.04. The minimum absolute atomic E-state index is 0.0227. The first-order valence-electron chi connectivity index (χ1n) is 22.9. The van der Waals surface area contributed by atoms with Crippen LogP contribution in [0.25, 0.3) is 0 Å². The van der Waals surface area contributed by atoms with Gasteiger partial charge < -0.3 is 68.7 Å². The zero-order valence-electron chi connectivity index (χ0n) is 41.3. The molecule has 5 N–H and O–H groups in total. The molecule has 3 heterocycles. The van der Waals surface area contributed by atoms with Gasteiger partial charge in [0.05, 0.1) is 49.6 Å². The summed E-state index contributed by atoms with van der Waals surface area (Å²) in [7, 11) is 7.85. The number of likely N-dealkylation sites (N-methyl/N-ethyl adjacent to an activating group) is 2. The molecule has 18 heteroatoms. The lowest BCUT2D eigenvalue weighted by Crippen LogP contribution is -2.63. The number of cyclic esters (lactones) is 1. The first-order valence-corrected chi connectivity index (χ1v) is 22.9. The minimum Gasteiger partial charge on any atom is -0.462 e. The highest BCUT2D eigenvalue weighted by molar-refractivity contribution is 5.92. The molecule has 0 spiro atoms. The molecule has 18 atom stereocenters. The molecule has 2 fully saturated rings. The van der Waals surface area contributed by atoms with Crippen molar-refractivity contribution < 1.29 is 72.8 Å².